The molecule has 1 amide bonds. The first kappa shape index (κ1) is 21.1. The summed E-state index contributed by atoms with van der Waals surface area (Å²) in [4.78, 5) is 12.9. The van der Waals surface area contributed by atoms with Gasteiger partial charge in [0.15, 0.2) is 0 Å². The number of ether oxygens (including phenoxy) is 3. The Bertz CT molecular complexity index is 1150. The quantitative estimate of drug-likeness (QED) is 0.688. The summed E-state index contributed by atoms with van der Waals surface area (Å²) in [5.41, 5.74) is 1.21. The minimum Gasteiger partial charge on any atom is -0.495 e. The van der Waals surface area contributed by atoms with Gasteiger partial charge in [0.2, 0.25) is 5.91 Å². The molecule has 1 aliphatic carbocycles. The maximum Gasteiger partial charge on any atom is 0.265 e. The average Bonchev–Trinajstić information content (AvgIpc) is 3.06. The molecule has 0 radical (unpaired) electrons. The van der Waals surface area contributed by atoms with E-state index in [0.717, 1.165) is 37.7 Å². The Morgan fingerprint density at radius 3 is 2.56 bits per heavy atom. The van der Waals surface area contributed by atoms with E-state index in [1.807, 2.05) is 0 Å². The number of fused-ring (bicyclic) bond motifs is 2. The van der Waals surface area contributed by atoms with E-state index in [2.05, 4.69) is 10.0 Å². The lowest BCUT2D eigenvalue weighted by molar-refractivity contribution is -0.123. The maximum atomic E-state index is 13.2. The summed E-state index contributed by atoms with van der Waals surface area (Å²) in [6.07, 6.45) is 3.87. The summed E-state index contributed by atoms with van der Waals surface area (Å²) in [7, 11) is -2.49. The second-order valence-corrected chi connectivity index (χ2v) is 10.1. The van der Waals surface area contributed by atoms with E-state index < -0.39 is 15.4 Å². The number of amides is 1. The van der Waals surface area contributed by atoms with Crippen LogP contribution in [-0.2, 0) is 25.0 Å². The van der Waals surface area contributed by atoms with E-state index in [1.165, 1.54) is 13.2 Å². The van der Waals surface area contributed by atoms with E-state index in [1.54, 1.807) is 30.3 Å². The van der Waals surface area contributed by atoms with Crippen LogP contribution in [0.4, 0.5) is 11.4 Å². The molecule has 0 aromatic heterocycles. The highest BCUT2D eigenvalue weighted by Crippen LogP contribution is 2.54. The Morgan fingerprint density at radius 1 is 1.12 bits per heavy atom. The Kier molecular flexibility index (Phi) is 5.25. The van der Waals surface area contributed by atoms with Gasteiger partial charge in [-0.1, -0.05) is 18.6 Å². The van der Waals surface area contributed by atoms with Crippen molar-refractivity contribution in [3.8, 4) is 11.5 Å². The minimum atomic E-state index is -3.92. The van der Waals surface area contributed by atoms with Crippen molar-refractivity contribution in [1.82, 2.24) is 0 Å². The van der Waals surface area contributed by atoms with Crippen LogP contribution >= 0.6 is 0 Å². The third-order valence-corrected chi connectivity index (χ3v) is 7.99. The first-order valence-electron chi connectivity index (χ1n) is 10.8. The van der Waals surface area contributed by atoms with Crippen LogP contribution in [0, 0.1) is 0 Å². The fourth-order valence-electron chi connectivity index (χ4n) is 4.68. The number of carbonyl (C=O) groups excluding carboxylic acids is 1. The summed E-state index contributed by atoms with van der Waals surface area (Å²) >= 11 is 0. The molecule has 3 aliphatic rings. The van der Waals surface area contributed by atoms with Gasteiger partial charge in [0.1, 0.15) is 22.5 Å². The number of rotatable bonds is 6. The van der Waals surface area contributed by atoms with E-state index in [4.69, 9.17) is 14.2 Å². The average molecular weight is 459 g/mol. The number of anilines is 2. The van der Waals surface area contributed by atoms with Gasteiger partial charge in [0.05, 0.1) is 37.1 Å². The first-order chi connectivity index (χ1) is 15.4. The van der Waals surface area contributed by atoms with Crippen molar-refractivity contribution in [2.45, 2.75) is 48.5 Å². The molecule has 1 spiro atoms. The van der Waals surface area contributed by atoms with Gasteiger partial charge in [0.25, 0.3) is 10.0 Å². The zero-order valence-corrected chi connectivity index (χ0v) is 18.7. The number of hydrogen-bond acceptors (Lipinski definition) is 6. The molecule has 8 nitrogen and oxygen atoms in total. The van der Waals surface area contributed by atoms with Crippen LogP contribution in [0.3, 0.4) is 0 Å². The number of nitrogens with one attached hydrogen (secondary N) is 2. The van der Waals surface area contributed by atoms with Crippen LogP contribution in [0.5, 0.6) is 11.5 Å². The molecule has 2 fully saturated rings. The first-order valence-corrected chi connectivity index (χ1v) is 12.3. The van der Waals surface area contributed by atoms with E-state index >= 15 is 0 Å². The van der Waals surface area contributed by atoms with Crippen molar-refractivity contribution in [2.24, 2.45) is 0 Å². The Hall–Kier alpha value is -2.78. The lowest BCUT2D eigenvalue weighted by Gasteiger charge is -2.36. The molecule has 170 valence electrons. The van der Waals surface area contributed by atoms with Gasteiger partial charge in [0, 0.05) is 18.9 Å². The summed E-state index contributed by atoms with van der Waals surface area (Å²) in [6, 6.07) is 9.86. The Morgan fingerprint density at radius 2 is 1.88 bits per heavy atom. The number of para-hydroxylation sites is 1. The van der Waals surface area contributed by atoms with Gasteiger partial charge >= 0.3 is 0 Å². The highest BCUT2D eigenvalue weighted by molar-refractivity contribution is 7.92. The van der Waals surface area contributed by atoms with Gasteiger partial charge in [-0.15, -0.1) is 0 Å². The third-order valence-electron chi connectivity index (χ3n) is 6.57. The molecule has 2 heterocycles. The molecule has 32 heavy (non-hydrogen) atoms. The van der Waals surface area contributed by atoms with E-state index in [9.17, 15) is 13.2 Å². The molecule has 9 heteroatoms. The van der Waals surface area contributed by atoms with Crippen molar-refractivity contribution in [2.75, 3.05) is 30.4 Å². The highest BCUT2D eigenvalue weighted by atomic mass is 32.2. The van der Waals surface area contributed by atoms with E-state index in [-0.39, 0.29) is 22.7 Å². The Labute approximate surface area is 187 Å². The van der Waals surface area contributed by atoms with Gasteiger partial charge < -0.3 is 19.5 Å². The largest absolute Gasteiger partial charge is 0.495 e. The fourth-order valence-corrected chi connectivity index (χ4v) is 5.89. The topological polar surface area (TPSA) is 103 Å². The van der Waals surface area contributed by atoms with Crippen LogP contribution in [0.15, 0.2) is 41.3 Å². The summed E-state index contributed by atoms with van der Waals surface area (Å²) in [5, 5.41) is 3.00. The zero-order chi connectivity index (χ0) is 22.3. The Balaban J connectivity index is 1.54. The van der Waals surface area contributed by atoms with Crippen LogP contribution in [0.25, 0.3) is 0 Å². The van der Waals surface area contributed by atoms with Gasteiger partial charge in [-0.3, -0.25) is 9.52 Å². The summed E-state index contributed by atoms with van der Waals surface area (Å²) in [6.45, 7) is 1.23. The molecule has 0 unspecified atom stereocenters. The molecule has 5 rings (SSSR count). The highest BCUT2D eigenvalue weighted by Gasteiger charge is 2.52. The standard InChI is InChI=1S/C23H26N2O6S/c1-29-18-5-2-3-6-20(18)32(27,28)25-15-13-17-21(24-22(26)23(17)9-4-10-23)19(14-15)31-16-7-11-30-12-8-16/h2-3,5-6,13-14,16,25H,4,7-12H2,1H3,(H,24,26). The molecule has 2 aliphatic heterocycles. The summed E-state index contributed by atoms with van der Waals surface area (Å²) < 4.78 is 45.9. The van der Waals surface area contributed by atoms with Crippen LogP contribution in [0.2, 0.25) is 0 Å². The molecule has 2 aromatic carbocycles. The SMILES string of the molecule is COc1ccccc1S(=O)(=O)Nc1cc(OC2CCOCC2)c2c(c1)C1(CCC1)C(=O)N2. The van der Waals surface area contributed by atoms with Crippen molar-refractivity contribution in [1.29, 1.82) is 0 Å². The van der Waals surface area contributed by atoms with Crippen molar-refractivity contribution >= 4 is 27.3 Å². The normalized spacial score (nSPS) is 19.7. The van der Waals surface area contributed by atoms with Crippen LogP contribution in [-0.4, -0.2) is 40.8 Å². The van der Waals surface area contributed by atoms with Gasteiger partial charge in [-0.2, -0.15) is 0 Å². The smallest absolute Gasteiger partial charge is 0.265 e. The lowest BCUT2D eigenvalue weighted by Crippen LogP contribution is -2.40. The molecular formula is C23H26N2O6S. The van der Waals surface area contributed by atoms with E-state index in [0.29, 0.717) is 30.3 Å². The van der Waals surface area contributed by atoms with Crippen molar-refractivity contribution in [3.05, 3.63) is 42.0 Å². The number of benzene rings is 2. The number of sulfonamides is 1. The molecular weight excluding hydrogens is 432 g/mol. The van der Waals surface area contributed by atoms with Gasteiger partial charge in [-0.05, 0) is 36.6 Å². The lowest BCUT2D eigenvalue weighted by atomic mass is 9.65. The number of methoxy groups -OCH3 is 1. The molecule has 2 N–H and O–H groups in total. The van der Waals surface area contributed by atoms with Crippen molar-refractivity contribution < 1.29 is 27.4 Å². The third kappa shape index (κ3) is 3.49. The second kappa shape index (κ2) is 7.97. The number of carbonyl (C=O) groups is 1. The molecule has 2 aromatic rings. The predicted octanol–water partition coefficient (Wildman–Crippen LogP) is 3.43. The number of hydrogen-bond donors (Lipinski definition) is 2. The molecule has 1 saturated heterocycles. The second-order valence-electron chi connectivity index (χ2n) is 8.47. The fraction of sp³-hybridized carbons (Fsp3) is 0.435. The van der Waals surface area contributed by atoms with Crippen LogP contribution in [0.1, 0.15) is 37.7 Å². The monoisotopic (exact) mass is 458 g/mol. The predicted molar refractivity (Wildman–Crippen MR) is 119 cm³/mol. The van der Waals surface area contributed by atoms with Gasteiger partial charge in [-0.25, -0.2) is 8.42 Å². The zero-order valence-electron chi connectivity index (χ0n) is 17.8. The maximum absolute atomic E-state index is 13.2. The van der Waals surface area contributed by atoms with Crippen LogP contribution < -0.4 is 19.5 Å². The summed E-state index contributed by atoms with van der Waals surface area (Å²) in [5.74, 6) is 0.705. The van der Waals surface area contributed by atoms with Crippen molar-refractivity contribution in [3.63, 3.8) is 0 Å². The molecule has 0 bridgehead atoms. The molecule has 1 saturated carbocycles. The minimum absolute atomic E-state index is 0.0414. The molecule has 0 atom stereocenters.